The molecule has 0 saturated carbocycles. The molecule has 5 rings (SSSR count). The molecule has 0 fully saturated rings. The summed E-state index contributed by atoms with van der Waals surface area (Å²) in [5, 5.41) is 10.8. The van der Waals surface area contributed by atoms with E-state index >= 15 is 0 Å². The van der Waals surface area contributed by atoms with E-state index < -0.39 is 0 Å². The molecule has 8 heteroatoms. The van der Waals surface area contributed by atoms with Gasteiger partial charge < -0.3 is 4.90 Å². The Morgan fingerprint density at radius 1 is 1.03 bits per heavy atom. The maximum absolute atomic E-state index is 13.7. The maximum atomic E-state index is 13.7. The molecule has 0 N–H and O–H groups in total. The molecule has 35 heavy (non-hydrogen) atoms. The van der Waals surface area contributed by atoms with Crippen molar-refractivity contribution in [3.63, 3.8) is 0 Å². The summed E-state index contributed by atoms with van der Waals surface area (Å²) in [6.07, 6.45) is 1.98. The molecule has 0 radical (unpaired) electrons. The Balaban J connectivity index is 1.54. The molecule has 0 unspecified atom stereocenters. The zero-order chi connectivity index (χ0) is 24.7. The van der Waals surface area contributed by atoms with Gasteiger partial charge in [-0.15, -0.1) is 0 Å². The third-order valence-corrected chi connectivity index (χ3v) is 6.26. The van der Waals surface area contributed by atoms with Gasteiger partial charge in [-0.3, -0.25) is 9.48 Å². The average Bonchev–Trinajstić information content (AvgIpc) is 3.39. The van der Waals surface area contributed by atoms with Crippen LogP contribution in [0.15, 0.2) is 66.9 Å². The predicted octanol–water partition coefficient (Wildman–Crippen LogP) is 5.36. The molecule has 0 spiro atoms. The number of fused-ring (bicyclic) bond motifs is 1. The molecule has 3 aromatic heterocycles. The number of amides is 1. The second-order valence-electron chi connectivity index (χ2n) is 8.67. The van der Waals surface area contributed by atoms with Gasteiger partial charge in [0.2, 0.25) is 0 Å². The lowest BCUT2D eigenvalue weighted by molar-refractivity contribution is 0.0787. The van der Waals surface area contributed by atoms with Crippen LogP contribution in [0.4, 0.5) is 0 Å². The summed E-state index contributed by atoms with van der Waals surface area (Å²) >= 11 is 6.12. The topological polar surface area (TPSA) is 68.8 Å². The summed E-state index contributed by atoms with van der Waals surface area (Å²) in [7, 11) is 3.65. The SMILES string of the molecule is Cc1cc(C(=O)N(C)Cc2cn(-c3ccccc3)nc2-c2ccc(Cl)cc2)c2c(C)nn(C)c2n1. The minimum absolute atomic E-state index is 0.0916. The molecule has 0 aliphatic heterocycles. The highest BCUT2D eigenvalue weighted by atomic mass is 35.5. The van der Waals surface area contributed by atoms with Gasteiger partial charge >= 0.3 is 0 Å². The van der Waals surface area contributed by atoms with Crippen LogP contribution in [0.3, 0.4) is 0 Å². The van der Waals surface area contributed by atoms with Crippen LogP contribution in [-0.2, 0) is 13.6 Å². The third-order valence-electron chi connectivity index (χ3n) is 6.01. The highest BCUT2D eigenvalue weighted by Crippen LogP contribution is 2.28. The van der Waals surface area contributed by atoms with E-state index in [0.717, 1.165) is 39.3 Å². The van der Waals surface area contributed by atoms with Crippen molar-refractivity contribution in [3.8, 4) is 16.9 Å². The van der Waals surface area contributed by atoms with Gasteiger partial charge in [-0.05, 0) is 44.2 Å². The number of rotatable bonds is 5. The highest BCUT2D eigenvalue weighted by molar-refractivity contribution is 6.30. The van der Waals surface area contributed by atoms with Gasteiger partial charge in [-0.25, -0.2) is 9.67 Å². The first-order chi connectivity index (χ1) is 16.8. The van der Waals surface area contributed by atoms with E-state index in [0.29, 0.717) is 22.8 Å². The van der Waals surface area contributed by atoms with Gasteiger partial charge in [0.05, 0.1) is 28.0 Å². The predicted molar refractivity (Wildman–Crippen MR) is 138 cm³/mol. The van der Waals surface area contributed by atoms with E-state index in [4.69, 9.17) is 16.7 Å². The second-order valence-corrected chi connectivity index (χ2v) is 9.11. The summed E-state index contributed by atoms with van der Waals surface area (Å²) in [5.74, 6) is -0.0916. The molecule has 0 bridgehead atoms. The van der Waals surface area contributed by atoms with Gasteiger partial charge in [-0.2, -0.15) is 10.2 Å². The molecule has 0 aliphatic carbocycles. The van der Waals surface area contributed by atoms with Crippen molar-refractivity contribution in [2.45, 2.75) is 20.4 Å². The van der Waals surface area contributed by atoms with Gasteiger partial charge in [-0.1, -0.05) is 41.9 Å². The number of para-hydroxylation sites is 1. The van der Waals surface area contributed by atoms with Crippen molar-refractivity contribution in [3.05, 3.63) is 94.4 Å². The number of benzene rings is 2. The quantitative estimate of drug-likeness (QED) is 0.336. The Hall–Kier alpha value is -3.97. The number of aryl methyl sites for hydroxylation is 3. The van der Waals surface area contributed by atoms with Crippen molar-refractivity contribution in [1.29, 1.82) is 0 Å². The van der Waals surface area contributed by atoms with E-state index in [-0.39, 0.29) is 5.91 Å². The highest BCUT2D eigenvalue weighted by Gasteiger charge is 2.22. The Kier molecular flexibility index (Phi) is 5.86. The van der Waals surface area contributed by atoms with Crippen molar-refractivity contribution < 1.29 is 4.79 Å². The number of hydrogen-bond acceptors (Lipinski definition) is 4. The molecule has 176 valence electrons. The van der Waals surface area contributed by atoms with Crippen LogP contribution in [0.5, 0.6) is 0 Å². The van der Waals surface area contributed by atoms with E-state index in [2.05, 4.69) is 10.1 Å². The second kappa shape index (κ2) is 9.00. The molecule has 1 amide bonds. The summed E-state index contributed by atoms with van der Waals surface area (Å²) in [6, 6.07) is 19.3. The Morgan fingerprint density at radius 3 is 2.46 bits per heavy atom. The monoisotopic (exact) mass is 484 g/mol. The van der Waals surface area contributed by atoms with Crippen LogP contribution in [0.1, 0.15) is 27.3 Å². The van der Waals surface area contributed by atoms with Crippen LogP contribution < -0.4 is 0 Å². The van der Waals surface area contributed by atoms with Gasteiger partial charge in [0, 0.05) is 48.7 Å². The molecule has 7 nitrogen and oxygen atoms in total. The lowest BCUT2D eigenvalue weighted by atomic mass is 10.1. The average molecular weight is 485 g/mol. The van der Waals surface area contributed by atoms with E-state index in [1.54, 1.807) is 16.6 Å². The van der Waals surface area contributed by atoms with Crippen molar-refractivity contribution >= 4 is 28.5 Å². The number of halogens is 1. The summed E-state index contributed by atoms with van der Waals surface area (Å²) in [4.78, 5) is 20.0. The van der Waals surface area contributed by atoms with E-state index in [1.807, 2.05) is 92.4 Å². The molecule has 0 saturated heterocycles. The summed E-state index contributed by atoms with van der Waals surface area (Å²) in [6.45, 7) is 4.17. The van der Waals surface area contributed by atoms with Crippen LogP contribution >= 0.6 is 11.6 Å². The Bertz CT molecular complexity index is 1540. The van der Waals surface area contributed by atoms with Crippen LogP contribution in [0, 0.1) is 13.8 Å². The molecule has 5 aromatic rings. The van der Waals surface area contributed by atoms with Gasteiger partial charge in [0.25, 0.3) is 5.91 Å². The first-order valence-corrected chi connectivity index (χ1v) is 11.7. The number of carbonyl (C=O) groups is 1. The van der Waals surface area contributed by atoms with Crippen LogP contribution in [0.25, 0.3) is 28.0 Å². The molecule has 2 aromatic carbocycles. The lowest BCUT2D eigenvalue weighted by Gasteiger charge is -2.18. The minimum atomic E-state index is -0.0916. The van der Waals surface area contributed by atoms with Crippen molar-refractivity contribution in [2.75, 3.05) is 7.05 Å². The lowest BCUT2D eigenvalue weighted by Crippen LogP contribution is -2.26. The first kappa shape index (κ1) is 22.8. The zero-order valence-corrected chi connectivity index (χ0v) is 20.8. The summed E-state index contributed by atoms with van der Waals surface area (Å²) in [5.41, 5.74) is 6.48. The molecule has 3 heterocycles. The first-order valence-electron chi connectivity index (χ1n) is 11.3. The maximum Gasteiger partial charge on any atom is 0.254 e. The number of pyridine rings is 1. The Labute approximate surface area is 208 Å². The van der Waals surface area contributed by atoms with Crippen LogP contribution in [-0.4, -0.2) is 42.4 Å². The molecular formula is C27H25ClN6O. The Morgan fingerprint density at radius 2 is 1.74 bits per heavy atom. The normalized spacial score (nSPS) is 11.2. The zero-order valence-electron chi connectivity index (χ0n) is 20.0. The number of carbonyl (C=O) groups excluding carboxylic acids is 1. The van der Waals surface area contributed by atoms with Gasteiger partial charge in [0.15, 0.2) is 5.65 Å². The molecular weight excluding hydrogens is 460 g/mol. The molecule has 0 atom stereocenters. The van der Waals surface area contributed by atoms with Gasteiger partial charge in [0.1, 0.15) is 0 Å². The fourth-order valence-electron chi connectivity index (χ4n) is 4.36. The van der Waals surface area contributed by atoms with E-state index in [9.17, 15) is 4.79 Å². The minimum Gasteiger partial charge on any atom is -0.337 e. The fourth-order valence-corrected chi connectivity index (χ4v) is 4.49. The number of hydrogen-bond donors (Lipinski definition) is 0. The standard InChI is InChI=1S/C27H25ClN6O/c1-17-14-23(24-18(2)30-33(4)26(24)29-17)27(35)32(3)15-20-16-34(22-8-6-5-7-9-22)31-25(20)19-10-12-21(28)13-11-19/h5-14,16H,15H2,1-4H3. The van der Waals surface area contributed by atoms with Crippen molar-refractivity contribution in [1.82, 2.24) is 29.4 Å². The van der Waals surface area contributed by atoms with Crippen molar-refractivity contribution in [2.24, 2.45) is 7.05 Å². The summed E-state index contributed by atoms with van der Waals surface area (Å²) < 4.78 is 3.56. The van der Waals surface area contributed by atoms with E-state index in [1.165, 1.54) is 0 Å². The fraction of sp³-hybridized carbons (Fsp3) is 0.185. The third kappa shape index (κ3) is 4.31. The smallest absolute Gasteiger partial charge is 0.254 e. The number of aromatic nitrogens is 5. The molecule has 0 aliphatic rings. The van der Waals surface area contributed by atoms with Crippen LogP contribution in [0.2, 0.25) is 5.02 Å². The number of nitrogens with zero attached hydrogens (tertiary/aromatic N) is 6. The largest absolute Gasteiger partial charge is 0.337 e.